The standard InChI is InChI=1S/C28H22N2O8S2.2Na/c1-15-7-9-19(23(13-15)39(33,34)35)29-21-11-12-22(30-20-10-8-16(2)14-24(20)40(36,37)38)26-25(21)27(31)17-5-3-4-6-18(17)28(26)32;;/h3-14,29-30H,1-2H3,(H,33,34,35)(H,36,37,38);;. The number of hydrogen-bond donors (Lipinski definition) is 4. The van der Waals surface area contributed by atoms with Crippen LogP contribution in [-0.2, 0) is 20.2 Å². The van der Waals surface area contributed by atoms with Gasteiger partial charge in [-0.25, -0.2) is 0 Å². The first-order valence-electron chi connectivity index (χ1n) is 11.8. The van der Waals surface area contributed by atoms with E-state index >= 15 is 0 Å². The van der Waals surface area contributed by atoms with Crippen LogP contribution in [0.3, 0.4) is 0 Å². The van der Waals surface area contributed by atoms with E-state index in [-0.39, 0.29) is 104 Å². The Morgan fingerprint density at radius 3 is 1.21 bits per heavy atom. The first-order valence-corrected chi connectivity index (χ1v) is 14.7. The van der Waals surface area contributed by atoms with E-state index < -0.39 is 41.6 Å². The summed E-state index contributed by atoms with van der Waals surface area (Å²) >= 11 is 0. The predicted molar refractivity (Wildman–Crippen MR) is 160 cm³/mol. The minimum absolute atomic E-state index is 0. The SMILES string of the molecule is Cc1ccc(Nc2ccc(Nc3ccc(C)cc3S(=O)(=O)O)c3c2C(=O)c2ccccc2C3=O)c(S(=O)(=O)O)c1.[Na].[Na]. The van der Waals surface area contributed by atoms with Crippen molar-refractivity contribution in [2.24, 2.45) is 0 Å². The molecule has 0 unspecified atom stereocenters. The fourth-order valence-electron chi connectivity index (χ4n) is 4.61. The van der Waals surface area contributed by atoms with Gasteiger partial charge in [0.1, 0.15) is 9.79 Å². The molecule has 0 saturated carbocycles. The number of nitrogens with one attached hydrogen (secondary N) is 2. The molecule has 2 radical (unpaired) electrons. The number of aryl methyl sites for hydroxylation is 2. The van der Waals surface area contributed by atoms with Gasteiger partial charge in [-0.15, -0.1) is 0 Å². The summed E-state index contributed by atoms with van der Waals surface area (Å²) in [4.78, 5) is 26.7. The van der Waals surface area contributed by atoms with E-state index in [9.17, 15) is 35.5 Å². The Bertz CT molecular complexity index is 1840. The molecular weight excluding hydrogens is 602 g/mol. The van der Waals surface area contributed by atoms with E-state index in [0.717, 1.165) is 0 Å². The van der Waals surface area contributed by atoms with Crippen LogP contribution in [0.25, 0.3) is 0 Å². The van der Waals surface area contributed by atoms with Gasteiger partial charge in [-0.05, 0) is 61.4 Å². The largest absolute Gasteiger partial charge is 0.354 e. The van der Waals surface area contributed by atoms with E-state index in [0.29, 0.717) is 11.1 Å². The summed E-state index contributed by atoms with van der Waals surface area (Å²) in [6.07, 6.45) is 0. The van der Waals surface area contributed by atoms with Crippen LogP contribution in [0.2, 0.25) is 0 Å². The molecule has 10 nitrogen and oxygen atoms in total. The molecule has 0 atom stereocenters. The van der Waals surface area contributed by atoms with Gasteiger partial charge in [0.2, 0.25) is 0 Å². The van der Waals surface area contributed by atoms with Crippen molar-refractivity contribution >= 4 is 114 Å². The van der Waals surface area contributed by atoms with E-state index in [1.165, 1.54) is 48.5 Å². The summed E-state index contributed by atoms with van der Waals surface area (Å²) < 4.78 is 67.9. The zero-order valence-corrected chi connectivity index (χ0v) is 28.7. The van der Waals surface area contributed by atoms with Gasteiger partial charge in [0.05, 0.1) is 33.9 Å². The van der Waals surface area contributed by atoms with Crippen LogP contribution in [0.15, 0.2) is 82.6 Å². The monoisotopic (exact) mass is 624 g/mol. The quantitative estimate of drug-likeness (QED) is 0.158. The normalized spacial score (nSPS) is 12.4. The molecule has 0 spiro atoms. The Balaban J connectivity index is 0.00000242. The first kappa shape index (κ1) is 34.1. The second-order valence-electron chi connectivity index (χ2n) is 9.31. The number of rotatable bonds is 6. The molecule has 4 aromatic carbocycles. The van der Waals surface area contributed by atoms with Crippen LogP contribution in [0.5, 0.6) is 0 Å². The summed E-state index contributed by atoms with van der Waals surface area (Å²) in [5.74, 6) is -1.06. The number of benzene rings is 4. The first-order chi connectivity index (χ1) is 18.8. The molecular formula is C28H22N2Na2O8S2. The van der Waals surface area contributed by atoms with Gasteiger partial charge < -0.3 is 10.6 Å². The minimum atomic E-state index is -4.65. The molecule has 0 saturated heterocycles. The topological polar surface area (TPSA) is 167 Å². The van der Waals surface area contributed by atoms with Crippen molar-refractivity contribution in [3.63, 3.8) is 0 Å². The second kappa shape index (κ2) is 12.7. The summed E-state index contributed by atoms with van der Waals surface area (Å²) in [5, 5.41) is 5.75. The fraction of sp³-hybridized carbons (Fsp3) is 0.0714. The molecule has 1 aliphatic rings. The van der Waals surface area contributed by atoms with Crippen molar-refractivity contribution in [3.05, 3.63) is 106 Å². The molecule has 0 bridgehead atoms. The molecule has 0 amide bonds. The van der Waals surface area contributed by atoms with E-state index in [2.05, 4.69) is 10.6 Å². The third-order valence-corrected chi connectivity index (χ3v) is 8.23. The van der Waals surface area contributed by atoms with Crippen LogP contribution in [0, 0.1) is 13.8 Å². The molecule has 206 valence electrons. The van der Waals surface area contributed by atoms with Crippen LogP contribution < -0.4 is 10.6 Å². The van der Waals surface area contributed by atoms with Gasteiger partial charge in [0.15, 0.2) is 11.6 Å². The van der Waals surface area contributed by atoms with Crippen molar-refractivity contribution in [1.29, 1.82) is 0 Å². The molecule has 0 aliphatic heterocycles. The Morgan fingerprint density at radius 1 is 0.548 bits per heavy atom. The molecule has 0 fully saturated rings. The Kier molecular flexibility index (Phi) is 10.3. The number of fused-ring (bicyclic) bond motifs is 2. The molecule has 5 rings (SSSR count). The Hall–Kier alpha value is -2.36. The molecule has 14 heteroatoms. The summed E-state index contributed by atoms with van der Waals surface area (Å²) in [6, 6.07) is 17.6. The maximum atomic E-state index is 13.8. The molecule has 0 aromatic heterocycles. The molecule has 4 N–H and O–H groups in total. The van der Waals surface area contributed by atoms with Gasteiger partial charge in [-0.1, -0.05) is 36.4 Å². The number of carbonyl (C=O) groups is 2. The van der Waals surface area contributed by atoms with Crippen molar-refractivity contribution < 1.29 is 35.5 Å². The summed E-state index contributed by atoms with van der Waals surface area (Å²) in [5.41, 5.74) is 1.33. The maximum absolute atomic E-state index is 13.8. The number of ketones is 2. The maximum Gasteiger partial charge on any atom is 0.296 e. The van der Waals surface area contributed by atoms with Gasteiger partial charge in [0.25, 0.3) is 20.2 Å². The zero-order chi connectivity index (χ0) is 29.0. The second-order valence-corrected chi connectivity index (χ2v) is 12.1. The fourth-order valence-corrected chi connectivity index (χ4v) is 6.08. The zero-order valence-electron chi connectivity index (χ0n) is 23.1. The van der Waals surface area contributed by atoms with Crippen LogP contribution in [0.1, 0.15) is 43.0 Å². The van der Waals surface area contributed by atoms with Crippen molar-refractivity contribution in [1.82, 2.24) is 0 Å². The van der Waals surface area contributed by atoms with E-state index in [4.69, 9.17) is 0 Å². The third kappa shape index (κ3) is 6.58. The summed E-state index contributed by atoms with van der Waals surface area (Å²) in [6.45, 7) is 3.29. The van der Waals surface area contributed by atoms with Gasteiger partial charge >= 0.3 is 0 Å². The minimum Gasteiger partial charge on any atom is -0.354 e. The molecule has 1 aliphatic carbocycles. The van der Waals surface area contributed by atoms with Crippen LogP contribution in [0.4, 0.5) is 22.7 Å². The van der Waals surface area contributed by atoms with E-state index in [1.54, 1.807) is 38.1 Å². The molecule has 4 aromatic rings. The van der Waals surface area contributed by atoms with Crippen molar-refractivity contribution in [2.45, 2.75) is 23.6 Å². The van der Waals surface area contributed by atoms with Crippen molar-refractivity contribution in [3.8, 4) is 0 Å². The van der Waals surface area contributed by atoms with Crippen LogP contribution >= 0.6 is 0 Å². The third-order valence-electron chi connectivity index (χ3n) is 6.44. The van der Waals surface area contributed by atoms with Gasteiger partial charge in [-0.3, -0.25) is 18.7 Å². The van der Waals surface area contributed by atoms with Crippen molar-refractivity contribution in [2.75, 3.05) is 10.6 Å². The Labute approximate surface area is 287 Å². The predicted octanol–water partition coefficient (Wildman–Crippen LogP) is 4.30. The van der Waals surface area contributed by atoms with Gasteiger partial charge in [-0.2, -0.15) is 16.8 Å². The smallest absolute Gasteiger partial charge is 0.296 e. The van der Waals surface area contributed by atoms with Crippen LogP contribution in [-0.4, -0.2) is 96.6 Å². The molecule has 42 heavy (non-hydrogen) atoms. The number of anilines is 4. The van der Waals surface area contributed by atoms with Gasteiger partial charge in [0, 0.05) is 70.2 Å². The Morgan fingerprint density at radius 2 is 0.881 bits per heavy atom. The van der Waals surface area contributed by atoms with E-state index in [1.807, 2.05) is 0 Å². The average Bonchev–Trinajstić information content (AvgIpc) is 2.88. The number of carbonyl (C=O) groups excluding carboxylic acids is 2. The summed E-state index contributed by atoms with van der Waals surface area (Å²) in [7, 11) is -9.30. The average molecular weight is 625 g/mol. The number of hydrogen-bond acceptors (Lipinski definition) is 8. The molecule has 0 heterocycles.